The number of nitrogens with one attached hydrogen (secondary N) is 1. The maximum atomic E-state index is 12.3. The minimum absolute atomic E-state index is 0.285. The maximum Gasteiger partial charge on any atom is 0.431 e. The third-order valence-electron chi connectivity index (χ3n) is 2.50. The van der Waals surface area contributed by atoms with Gasteiger partial charge in [-0.15, -0.1) is 0 Å². The van der Waals surface area contributed by atoms with Crippen molar-refractivity contribution in [2.24, 2.45) is 0 Å². The highest BCUT2D eigenvalue weighted by atomic mass is 19.4. The smallest absolute Gasteiger partial charge is 0.339 e. The predicted molar refractivity (Wildman–Crippen MR) is 59.3 cm³/mol. The molecule has 1 aromatic heterocycles. The van der Waals surface area contributed by atoms with Crippen LogP contribution in [0.3, 0.4) is 0 Å². The molecular weight excluding hydrogens is 249 g/mol. The molecule has 1 heterocycles. The molecule has 0 radical (unpaired) electrons. The molecule has 4 nitrogen and oxygen atoms in total. The van der Waals surface area contributed by atoms with Gasteiger partial charge in [-0.05, 0) is 26.0 Å². The van der Waals surface area contributed by atoms with Gasteiger partial charge in [0.05, 0.1) is 0 Å². The number of carbonyl (C=O) groups is 1. The number of alkyl halides is 3. The number of aromatic amines is 1. The molecule has 0 atom stereocenters. The zero-order chi connectivity index (χ0) is 13.9. The molecule has 0 aromatic carbocycles. The van der Waals surface area contributed by atoms with Crippen LogP contribution in [0, 0.1) is 0 Å². The van der Waals surface area contributed by atoms with Crippen molar-refractivity contribution in [3.05, 3.63) is 33.7 Å². The number of amides is 1. The Balaban J connectivity index is 3.14. The normalized spacial score (nSPS) is 11.4. The zero-order valence-electron chi connectivity index (χ0n) is 9.97. The number of H-pyrrole nitrogens is 1. The molecule has 1 N–H and O–H groups in total. The molecular formula is C11H13F3N2O2. The van der Waals surface area contributed by atoms with Crippen LogP contribution in [-0.4, -0.2) is 28.9 Å². The SMILES string of the molecule is CCN(CC)C(=O)c1ccc(C(F)(F)F)[nH]c1=O. The van der Waals surface area contributed by atoms with Crippen LogP contribution in [0.5, 0.6) is 0 Å². The Bertz CT molecular complexity index is 490. The number of pyridine rings is 1. The van der Waals surface area contributed by atoms with Crippen LogP contribution in [0.25, 0.3) is 0 Å². The van der Waals surface area contributed by atoms with Crippen LogP contribution in [0.1, 0.15) is 29.9 Å². The van der Waals surface area contributed by atoms with Crippen LogP contribution < -0.4 is 5.56 Å². The number of nitrogens with zero attached hydrogens (tertiary/aromatic N) is 1. The fraction of sp³-hybridized carbons (Fsp3) is 0.455. The standard InChI is InChI=1S/C11H13F3N2O2/c1-3-16(4-2)10(18)7-5-6-8(11(12,13)14)15-9(7)17/h5-6H,3-4H2,1-2H3,(H,15,17). The van der Waals surface area contributed by atoms with Gasteiger partial charge in [0, 0.05) is 13.1 Å². The average molecular weight is 262 g/mol. The second kappa shape index (κ2) is 5.24. The quantitative estimate of drug-likeness (QED) is 0.904. The topological polar surface area (TPSA) is 53.2 Å². The summed E-state index contributed by atoms with van der Waals surface area (Å²) in [4.78, 5) is 26.3. The fourth-order valence-corrected chi connectivity index (χ4v) is 1.49. The van der Waals surface area contributed by atoms with Crippen LogP contribution in [0.2, 0.25) is 0 Å². The first kappa shape index (κ1) is 14.3. The number of carbonyl (C=O) groups excluding carboxylic acids is 1. The van der Waals surface area contributed by atoms with Gasteiger partial charge in [0.25, 0.3) is 11.5 Å². The van der Waals surface area contributed by atoms with E-state index in [4.69, 9.17) is 0 Å². The lowest BCUT2D eigenvalue weighted by molar-refractivity contribution is -0.141. The lowest BCUT2D eigenvalue weighted by Crippen LogP contribution is -2.35. The maximum absolute atomic E-state index is 12.3. The summed E-state index contributed by atoms with van der Waals surface area (Å²) < 4.78 is 37.0. The highest BCUT2D eigenvalue weighted by molar-refractivity contribution is 5.93. The molecule has 0 bridgehead atoms. The Hall–Kier alpha value is -1.79. The van der Waals surface area contributed by atoms with Crippen molar-refractivity contribution in [2.45, 2.75) is 20.0 Å². The van der Waals surface area contributed by atoms with Gasteiger partial charge in [-0.2, -0.15) is 13.2 Å². The van der Waals surface area contributed by atoms with Crippen molar-refractivity contribution < 1.29 is 18.0 Å². The summed E-state index contributed by atoms with van der Waals surface area (Å²) in [6, 6.07) is 1.60. The molecule has 0 aliphatic heterocycles. The van der Waals surface area contributed by atoms with Gasteiger partial charge in [0.2, 0.25) is 0 Å². The van der Waals surface area contributed by atoms with Crippen molar-refractivity contribution in [1.29, 1.82) is 0 Å². The second-order valence-corrected chi connectivity index (χ2v) is 3.59. The fourth-order valence-electron chi connectivity index (χ4n) is 1.49. The minimum Gasteiger partial charge on any atom is -0.339 e. The summed E-state index contributed by atoms with van der Waals surface area (Å²) in [5.74, 6) is -0.574. The van der Waals surface area contributed by atoms with E-state index in [1.54, 1.807) is 18.8 Å². The lowest BCUT2D eigenvalue weighted by Gasteiger charge is -2.18. The number of halogens is 3. The van der Waals surface area contributed by atoms with E-state index in [1.807, 2.05) is 0 Å². The first-order chi connectivity index (χ1) is 8.31. The Labute approximate surface area is 101 Å². The summed E-state index contributed by atoms with van der Waals surface area (Å²) in [6.07, 6.45) is -4.63. The van der Waals surface area contributed by atoms with Crippen molar-refractivity contribution in [1.82, 2.24) is 9.88 Å². The van der Waals surface area contributed by atoms with Crippen LogP contribution in [-0.2, 0) is 6.18 Å². The molecule has 0 unspecified atom stereocenters. The first-order valence-corrected chi connectivity index (χ1v) is 5.41. The number of hydrogen-bond acceptors (Lipinski definition) is 2. The van der Waals surface area contributed by atoms with E-state index in [0.717, 1.165) is 6.07 Å². The molecule has 1 amide bonds. The van der Waals surface area contributed by atoms with E-state index < -0.39 is 23.3 Å². The van der Waals surface area contributed by atoms with E-state index in [0.29, 0.717) is 19.2 Å². The molecule has 0 saturated heterocycles. The van der Waals surface area contributed by atoms with Crippen LogP contribution in [0.15, 0.2) is 16.9 Å². The zero-order valence-corrected chi connectivity index (χ0v) is 9.97. The Morgan fingerprint density at radius 1 is 1.28 bits per heavy atom. The van der Waals surface area contributed by atoms with Gasteiger partial charge in [-0.3, -0.25) is 9.59 Å². The van der Waals surface area contributed by atoms with Crippen LogP contribution >= 0.6 is 0 Å². The van der Waals surface area contributed by atoms with Crippen molar-refractivity contribution in [2.75, 3.05) is 13.1 Å². The lowest BCUT2D eigenvalue weighted by atomic mass is 10.2. The summed E-state index contributed by atoms with van der Waals surface area (Å²) in [6.45, 7) is 4.21. The van der Waals surface area contributed by atoms with Gasteiger partial charge < -0.3 is 9.88 Å². The molecule has 0 fully saturated rings. The van der Waals surface area contributed by atoms with Gasteiger partial charge >= 0.3 is 6.18 Å². The average Bonchev–Trinajstić information content (AvgIpc) is 2.29. The molecule has 0 saturated carbocycles. The monoisotopic (exact) mass is 262 g/mol. The number of hydrogen-bond donors (Lipinski definition) is 1. The highest BCUT2D eigenvalue weighted by Crippen LogP contribution is 2.26. The molecule has 1 aromatic rings. The van der Waals surface area contributed by atoms with E-state index in [-0.39, 0.29) is 5.56 Å². The van der Waals surface area contributed by atoms with E-state index in [9.17, 15) is 22.8 Å². The highest BCUT2D eigenvalue weighted by Gasteiger charge is 2.32. The summed E-state index contributed by atoms with van der Waals surface area (Å²) in [5.41, 5.74) is -2.47. The predicted octanol–water partition coefficient (Wildman–Crippen LogP) is 1.88. The molecule has 0 spiro atoms. The van der Waals surface area contributed by atoms with Crippen molar-refractivity contribution >= 4 is 5.91 Å². The summed E-state index contributed by atoms with van der Waals surface area (Å²) in [7, 11) is 0. The Morgan fingerprint density at radius 3 is 2.22 bits per heavy atom. The molecule has 0 aliphatic rings. The number of aromatic nitrogens is 1. The molecule has 7 heteroatoms. The Morgan fingerprint density at radius 2 is 1.83 bits per heavy atom. The van der Waals surface area contributed by atoms with E-state index >= 15 is 0 Å². The minimum atomic E-state index is -4.63. The third-order valence-corrected chi connectivity index (χ3v) is 2.50. The summed E-state index contributed by atoms with van der Waals surface area (Å²) in [5, 5.41) is 0. The van der Waals surface area contributed by atoms with Crippen molar-refractivity contribution in [3.8, 4) is 0 Å². The second-order valence-electron chi connectivity index (χ2n) is 3.59. The molecule has 0 aliphatic carbocycles. The van der Waals surface area contributed by atoms with E-state index in [2.05, 4.69) is 0 Å². The molecule has 100 valence electrons. The van der Waals surface area contributed by atoms with Gasteiger partial charge in [0.1, 0.15) is 11.3 Å². The third kappa shape index (κ3) is 2.91. The Kier molecular flexibility index (Phi) is 4.15. The first-order valence-electron chi connectivity index (χ1n) is 5.41. The largest absolute Gasteiger partial charge is 0.431 e. The van der Waals surface area contributed by atoms with Crippen molar-refractivity contribution in [3.63, 3.8) is 0 Å². The van der Waals surface area contributed by atoms with Crippen LogP contribution in [0.4, 0.5) is 13.2 Å². The number of rotatable bonds is 3. The van der Waals surface area contributed by atoms with Gasteiger partial charge in [-0.25, -0.2) is 0 Å². The molecule has 1 rings (SSSR count). The van der Waals surface area contributed by atoms with Gasteiger partial charge in [0.15, 0.2) is 0 Å². The summed E-state index contributed by atoms with van der Waals surface area (Å²) >= 11 is 0. The van der Waals surface area contributed by atoms with E-state index in [1.165, 1.54) is 4.90 Å². The van der Waals surface area contributed by atoms with Gasteiger partial charge in [-0.1, -0.05) is 0 Å². The molecule has 18 heavy (non-hydrogen) atoms.